The molecule has 4 nitrogen and oxygen atoms in total. The number of carbonyl (C=O) groups excluding carboxylic acids is 1. The molecule has 102 valence electrons. The lowest BCUT2D eigenvalue weighted by atomic mass is 10.2. The van der Waals surface area contributed by atoms with Crippen molar-refractivity contribution < 1.29 is 9.53 Å². The molecule has 20 heavy (non-hydrogen) atoms. The largest absolute Gasteiger partial charge is 0.419 e. The number of fused-ring (bicyclic) bond motifs is 1. The molecule has 1 N–H and O–H groups in total. The van der Waals surface area contributed by atoms with Gasteiger partial charge >= 0.3 is 6.09 Å². The predicted molar refractivity (Wildman–Crippen MR) is 79.8 cm³/mol. The van der Waals surface area contributed by atoms with Crippen molar-refractivity contribution in [3.63, 3.8) is 0 Å². The monoisotopic (exact) mass is 288 g/mol. The molecule has 2 aromatic carbocycles. The van der Waals surface area contributed by atoms with Gasteiger partial charge in [-0.2, -0.15) is 0 Å². The van der Waals surface area contributed by atoms with Gasteiger partial charge in [-0.15, -0.1) is 0 Å². The number of halogens is 1. The van der Waals surface area contributed by atoms with E-state index in [1.54, 1.807) is 29.2 Å². The Kier molecular flexibility index (Phi) is 3.48. The highest BCUT2D eigenvalue weighted by Crippen LogP contribution is 2.29. The van der Waals surface area contributed by atoms with Crippen LogP contribution in [0.5, 0.6) is 5.75 Å². The van der Waals surface area contributed by atoms with Crippen molar-refractivity contribution in [2.75, 3.05) is 23.3 Å². The van der Waals surface area contributed by atoms with E-state index in [-0.39, 0.29) is 0 Å². The first-order chi connectivity index (χ1) is 9.74. The molecule has 0 saturated carbocycles. The number of carbonyl (C=O) groups is 1. The summed E-state index contributed by atoms with van der Waals surface area (Å²) in [4.78, 5) is 13.9. The quantitative estimate of drug-likeness (QED) is 0.868. The molecule has 2 aromatic rings. The fourth-order valence-electron chi connectivity index (χ4n) is 2.16. The molecule has 0 aromatic heterocycles. The molecule has 1 aliphatic heterocycles. The zero-order valence-corrected chi connectivity index (χ0v) is 11.4. The second kappa shape index (κ2) is 5.43. The standard InChI is InChI=1S/C15H13ClN2O2/c16-11-4-3-5-12(10-11)20-15(19)18-9-8-17-13-6-1-2-7-14(13)18/h1-7,10,17H,8-9H2. The van der Waals surface area contributed by atoms with Crippen LogP contribution in [0, 0.1) is 0 Å². The Hall–Kier alpha value is -2.20. The smallest absolute Gasteiger partial charge is 0.410 e. The van der Waals surface area contributed by atoms with Crippen LogP contribution in [-0.4, -0.2) is 19.2 Å². The number of hydrogen-bond acceptors (Lipinski definition) is 3. The van der Waals surface area contributed by atoms with Crippen molar-refractivity contribution in [2.45, 2.75) is 0 Å². The maximum absolute atomic E-state index is 12.3. The Labute approximate surface area is 121 Å². The average Bonchev–Trinajstić information content (AvgIpc) is 2.46. The molecule has 1 heterocycles. The second-order valence-corrected chi connectivity index (χ2v) is 4.86. The lowest BCUT2D eigenvalue weighted by Gasteiger charge is -2.29. The van der Waals surface area contributed by atoms with Gasteiger partial charge in [0.15, 0.2) is 0 Å². The molecule has 3 rings (SSSR count). The molecular weight excluding hydrogens is 276 g/mol. The minimum absolute atomic E-state index is 0.402. The summed E-state index contributed by atoms with van der Waals surface area (Å²) in [5, 5.41) is 3.79. The van der Waals surface area contributed by atoms with E-state index >= 15 is 0 Å². The highest BCUT2D eigenvalue weighted by Gasteiger charge is 2.23. The van der Waals surface area contributed by atoms with Gasteiger partial charge in [0.05, 0.1) is 11.4 Å². The summed E-state index contributed by atoms with van der Waals surface area (Å²) in [6.07, 6.45) is -0.402. The van der Waals surface area contributed by atoms with Gasteiger partial charge in [0.2, 0.25) is 0 Å². The van der Waals surface area contributed by atoms with E-state index in [2.05, 4.69) is 5.32 Å². The van der Waals surface area contributed by atoms with Crippen LogP contribution in [0.25, 0.3) is 0 Å². The molecule has 0 atom stereocenters. The highest BCUT2D eigenvalue weighted by atomic mass is 35.5. The molecule has 0 unspecified atom stereocenters. The fraction of sp³-hybridized carbons (Fsp3) is 0.133. The van der Waals surface area contributed by atoms with Crippen LogP contribution >= 0.6 is 11.6 Å². The van der Waals surface area contributed by atoms with Crippen LogP contribution in [0.1, 0.15) is 0 Å². The summed E-state index contributed by atoms with van der Waals surface area (Å²) in [5.41, 5.74) is 1.76. The van der Waals surface area contributed by atoms with Crippen molar-refractivity contribution in [1.82, 2.24) is 0 Å². The van der Waals surface area contributed by atoms with Gasteiger partial charge < -0.3 is 10.1 Å². The van der Waals surface area contributed by atoms with Crippen LogP contribution in [0.4, 0.5) is 16.2 Å². The van der Waals surface area contributed by atoms with E-state index < -0.39 is 6.09 Å². The Morgan fingerprint density at radius 3 is 2.90 bits per heavy atom. The summed E-state index contributed by atoms with van der Waals surface area (Å²) < 4.78 is 5.37. The Balaban J connectivity index is 1.82. The van der Waals surface area contributed by atoms with Gasteiger partial charge in [-0.3, -0.25) is 4.90 Å². The second-order valence-electron chi connectivity index (χ2n) is 4.42. The van der Waals surface area contributed by atoms with Crippen molar-refractivity contribution in [3.8, 4) is 5.75 Å². The van der Waals surface area contributed by atoms with Crippen LogP contribution in [-0.2, 0) is 0 Å². The molecule has 0 aliphatic carbocycles. The van der Waals surface area contributed by atoms with Gasteiger partial charge in [-0.25, -0.2) is 4.79 Å². The summed E-state index contributed by atoms with van der Waals surface area (Å²) in [6, 6.07) is 14.5. The normalized spacial score (nSPS) is 13.3. The minimum Gasteiger partial charge on any atom is -0.410 e. The van der Waals surface area contributed by atoms with E-state index in [1.165, 1.54) is 0 Å². The number of benzene rings is 2. The van der Waals surface area contributed by atoms with Crippen LogP contribution in [0.3, 0.4) is 0 Å². The molecule has 5 heteroatoms. The number of nitrogens with zero attached hydrogens (tertiary/aromatic N) is 1. The van der Waals surface area contributed by atoms with Gasteiger partial charge in [0.25, 0.3) is 0 Å². The molecule has 0 bridgehead atoms. The van der Waals surface area contributed by atoms with Crippen LogP contribution in [0.15, 0.2) is 48.5 Å². The molecule has 0 saturated heterocycles. The molecule has 1 amide bonds. The van der Waals surface area contributed by atoms with Crippen molar-refractivity contribution in [1.29, 1.82) is 0 Å². The first-order valence-corrected chi connectivity index (χ1v) is 6.70. The summed E-state index contributed by atoms with van der Waals surface area (Å²) in [6.45, 7) is 1.26. The lowest BCUT2D eigenvalue weighted by molar-refractivity contribution is 0.207. The predicted octanol–water partition coefficient (Wildman–Crippen LogP) is 3.77. The minimum atomic E-state index is -0.402. The molecule has 0 radical (unpaired) electrons. The fourth-order valence-corrected chi connectivity index (χ4v) is 2.34. The van der Waals surface area contributed by atoms with Gasteiger partial charge in [0, 0.05) is 18.1 Å². The summed E-state index contributed by atoms with van der Waals surface area (Å²) >= 11 is 5.88. The number of amides is 1. The summed E-state index contributed by atoms with van der Waals surface area (Å²) in [5.74, 6) is 0.443. The summed E-state index contributed by atoms with van der Waals surface area (Å²) in [7, 11) is 0. The number of rotatable bonds is 1. The number of anilines is 2. The van der Waals surface area contributed by atoms with Crippen LogP contribution < -0.4 is 15.0 Å². The van der Waals surface area contributed by atoms with Crippen LogP contribution in [0.2, 0.25) is 5.02 Å². The third-order valence-electron chi connectivity index (χ3n) is 3.07. The molecule has 0 spiro atoms. The van der Waals surface area contributed by atoms with E-state index in [0.29, 0.717) is 23.9 Å². The molecular formula is C15H13ClN2O2. The first-order valence-electron chi connectivity index (χ1n) is 6.32. The lowest BCUT2D eigenvalue weighted by Crippen LogP contribution is -2.40. The van der Waals surface area contributed by atoms with Crippen molar-refractivity contribution in [3.05, 3.63) is 53.6 Å². The van der Waals surface area contributed by atoms with E-state index in [1.807, 2.05) is 24.3 Å². The topological polar surface area (TPSA) is 41.6 Å². The number of nitrogens with one attached hydrogen (secondary N) is 1. The highest BCUT2D eigenvalue weighted by molar-refractivity contribution is 6.30. The zero-order chi connectivity index (χ0) is 13.9. The van der Waals surface area contributed by atoms with E-state index in [9.17, 15) is 4.79 Å². The third-order valence-corrected chi connectivity index (χ3v) is 3.30. The SMILES string of the molecule is O=C(Oc1cccc(Cl)c1)N1CCNc2ccccc21. The number of para-hydroxylation sites is 2. The number of hydrogen-bond donors (Lipinski definition) is 1. The zero-order valence-electron chi connectivity index (χ0n) is 10.7. The maximum Gasteiger partial charge on any atom is 0.419 e. The van der Waals surface area contributed by atoms with Crippen molar-refractivity contribution in [2.24, 2.45) is 0 Å². The maximum atomic E-state index is 12.3. The van der Waals surface area contributed by atoms with Crippen molar-refractivity contribution >= 4 is 29.1 Å². The van der Waals surface area contributed by atoms with Gasteiger partial charge in [-0.05, 0) is 30.3 Å². The Morgan fingerprint density at radius 1 is 1.20 bits per heavy atom. The molecule has 1 aliphatic rings. The first kappa shape index (κ1) is 12.8. The average molecular weight is 289 g/mol. The van der Waals surface area contributed by atoms with Gasteiger partial charge in [0.1, 0.15) is 5.75 Å². The third kappa shape index (κ3) is 2.56. The van der Waals surface area contributed by atoms with E-state index in [4.69, 9.17) is 16.3 Å². The molecule has 0 fully saturated rings. The number of ether oxygens (including phenoxy) is 1. The Bertz CT molecular complexity index is 645. The Morgan fingerprint density at radius 2 is 2.05 bits per heavy atom. The van der Waals surface area contributed by atoms with E-state index in [0.717, 1.165) is 11.4 Å². The van der Waals surface area contributed by atoms with Gasteiger partial charge in [-0.1, -0.05) is 29.8 Å².